The van der Waals surface area contributed by atoms with E-state index in [1.54, 1.807) is 0 Å². The molecule has 0 aromatic rings. The summed E-state index contributed by atoms with van der Waals surface area (Å²) in [6.07, 6.45) is 8.34. The molecule has 2 aliphatic rings. The predicted octanol–water partition coefficient (Wildman–Crippen LogP) is 2.39. The molecule has 0 spiro atoms. The fourth-order valence-electron chi connectivity index (χ4n) is 3.83. The number of rotatable bonds is 8. The summed E-state index contributed by atoms with van der Waals surface area (Å²) in [5.41, 5.74) is 0. The number of likely N-dealkylation sites (N-methyl/N-ethyl adjacent to an activating group) is 1. The van der Waals surface area contributed by atoms with E-state index in [2.05, 4.69) is 39.4 Å². The molecular formula is C20H42IN5O. The quantitative estimate of drug-likeness (QED) is 0.178. The van der Waals surface area contributed by atoms with E-state index in [1.807, 2.05) is 7.05 Å². The molecule has 2 fully saturated rings. The van der Waals surface area contributed by atoms with Crippen molar-refractivity contribution in [2.24, 2.45) is 10.9 Å². The van der Waals surface area contributed by atoms with Gasteiger partial charge in [-0.3, -0.25) is 4.99 Å². The molecule has 2 N–H and O–H groups in total. The van der Waals surface area contributed by atoms with Gasteiger partial charge in [-0.2, -0.15) is 0 Å². The lowest BCUT2D eigenvalue weighted by molar-refractivity contribution is 0.0468. The van der Waals surface area contributed by atoms with Crippen LogP contribution in [0.3, 0.4) is 0 Å². The van der Waals surface area contributed by atoms with Gasteiger partial charge in [-0.25, -0.2) is 0 Å². The summed E-state index contributed by atoms with van der Waals surface area (Å²) >= 11 is 0. The molecular weight excluding hydrogens is 453 g/mol. The van der Waals surface area contributed by atoms with Gasteiger partial charge in [0.1, 0.15) is 0 Å². The Kier molecular flexibility index (Phi) is 13.7. The summed E-state index contributed by atoms with van der Waals surface area (Å²) in [4.78, 5) is 9.31. The first kappa shape index (κ1) is 24.9. The normalized spacial score (nSPS) is 22.0. The van der Waals surface area contributed by atoms with Crippen LogP contribution in [0, 0.1) is 5.92 Å². The molecule has 0 radical (unpaired) electrons. The molecule has 1 atom stereocenters. The van der Waals surface area contributed by atoms with E-state index in [9.17, 15) is 0 Å². The van der Waals surface area contributed by atoms with Crippen molar-refractivity contribution in [1.29, 1.82) is 0 Å². The van der Waals surface area contributed by atoms with Crippen LogP contribution >= 0.6 is 24.0 Å². The molecule has 1 heterocycles. The highest BCUT2D eigenvalue weighted by molar-refractivity contribution is 14.0. The van der Waals surface area contributed by atoms with Crippen LogP contribution in [0.4, 0.5) is 0 Å². The van der Waals surface area contributed by atoms with Crippen molar-refractivity contribution >= 4 is 29.9 Å². The zero-order valence-electron chi connectivity index (χ0n) is 17.7. The standard InChI is InChI=1S/C20H41N5O.HI/c1-18(17-25-13-11-24(3)12-14-25)16-23-20(21-2)22-10-15-26-19-8-6-4-5-7-9-19;/h18-19H,4-17H2,1-3H3,(H2,21,22,23);1H. The zero-order valence-corrected chi connectivity index (χ0v) is 20.0. The maximum atomic E-state index is 6.04. The second-order valence-corrected chi connectivity index (χ2v) is 8.07. The van der Waals surface area contributed by atoms with E-state index >= 15 is 0 Å². The Labute approximate surface area is 183 Å². The molecule has 6 nitrogen and oxygen atoms in total. The number of hydrogen-bond donors (Lipinski definition) is 2. The SMILES string of the molecule is CN=C(NCCOC1CCCCCC1)NCC(C)CN1CCN(C)CC1.I. The topological polar surface area (TPSA) is 52.1 Å². The summed E-state index contributed by atoms with van der Waals surface area (Å²) in [5, 5.41) is 6.85. The monoisotopic (exact) mass is 495 g/mol. The number of halogens is 1. The van der Waals surface area contributed by atoms with Gasteiger partial charge < -0.3 is 25.2 Å². The van der Waals surface area contributed by atoms with Crippen molar-refractivity contribution in [3.8, 4) is 0 Å². The van der Waals surface area contributed by atoms with Crippen molar-refractivity contribution < 1.29 is 4.74 Å². The van der Waals surface area contributed by atoms with Crippen LogP contribution in [-0.2, 0) is 4.74 Å². The van der Waals surface area contributed by atoms with E-state index < -0.39 is 0 Å². The molecule has 1 saturated heterocycles. The summed E-state index contributed by atoms with van der Waals surface area (Å²) in [6, 6.07) is 0. The Morgan fingerprint density at radius 1 is 1.07 bits per heavy atom. The highest BCUT2D eigenvalue weighted by Crippen LogP contribution is 2.19. The summed E-state index contributed by atoms with van der Waals surface area (Å²) < 4.78 is 6.04. The van der Waals surface area contributed by atoms with E-state index in [4.69, 9.17) is 4.74 Å². The van der Waals surface area contributed by atoms with Crippen LogP contribution in [0.5, 0.6) is 0 Å². The third kappa shape index (κ3) is 10.9. The van der Waals surface area contributed by atoms with E-state index in [-0.39, 0.29) is 24.0 Å². The first-order valence-electron chi connectivity index (χ1n) is 10.6. The van der Waals surface area contributed by atoms with Gasteiger partial charge in [0.05, 0.1) is 12.7 Å². The maximum Gasteiger partial charge on any atom is 0.191 e. The average Bonchev–Trinajstić information content (AvgIpc) is 2.92. The molecule has 0 bridgehead atoms. The highest BCUT2D eigenvalue weighted by atomic mass is 127. The van der Waals surface area contributed by atoms with E-state index in [1.165, 1.54) is 64.7 Å². The minimum absolute atomic E-state index is 0. The van der Waals surface area contributed by atoms with Gasteiger partial charge >= 0.3 is 0 Å². The number of nitrogens with one attached hydrogen (secondary N) is 2. The molecule has 1 unspecified atom stereocenters. The van der Waals surface area contributed by atoms with Crippen LogP contribution in [0.1, 0.15) is 45.4 Å². The summed E-state index contributed by atoms with van der Waals surface area (Å²) in [7, 11) is 4.05. The van der Waals surface area contributed by atoms with Crippen molar-refractivity contribution in [2.45, 2.75) is 51.6 Å². The smallest absolute Gasteiger partial charge is 0.191 e. The molecule has 7 heteroatoms. The molecule has 160 valence electrons. The van der Waals surface area contributed by atoms with Gasteiger partial charge in [-0.15, -0.1) is 24.0 Å². The molecule has 1 aliphatic carbocycles. The minimum atomic E-state index is 0. The number of piperazine rings is 1. The van der Waals surface area contributed by atoms with Crippen LogP contribution in [0.2, 0.25) is 0 Å². The van der Waals surface area contributed by atoms with Crippen LogP contribution in [0.15, 0.2) is 4.99 Å². The number of ether oxygens (including phenoxy) is 1. The van der Waals surface area contributed by atoms with Crippen molar-refractivity contribution in [3.05, 3.63) is 0 Å². The fraction of sp³-hybridized carbons (Fsp3) is 0.950. The first-order chi connectivity index (χ1) is 12.7. The van der Waals surface area contributed by atoms with Gasteiger partial charge in [-0.1, -0.05) is 32.6 Å². The number of hydrogen-bond acceptors (Lipinski definition) is 4. The first-order valence-corrected chi connectivity index (χ1v) is 10.6. The summed E-state index contributed by atoms with van der Waals surface area (Å²) in [6.45, 7) is 10.8. The lowest BCUT2D eigenvalue weighted by Gasteiger charge is -2.34. The Morgan fingerprint density at radius 3 is 2.37 bits per heavy atom. The molecule has 0 aromatic carbocycles. The number of guanidine groups is 1. The maximum absolute atomic E-state index is 6.04. The van der Waals surface area contributed by atoms with Gasteiger partial charge in [0.2, 0.25) is 0 Å². The summed E-state index contributed by atoms with van der Waals surface area (Å²) in [5.74, 6) is 1.50. The van der Waals surface area contributed by atoms with Crippen molar-refractivity contribution in [2.75, 3.05) is 66.5 Å². The molecule has 1 saturated carbocycles. The molecule has 2 rings (SSSR count). The fourth-order valence-corrected chi connectivity index (χ4v) is 3.83. The third-order valence-corrected chi connectivity index (χ3v) is 5.56. The number of nitrogens with zero attached hydrogens (tertiary/aromatic N) is 3. The van der Waals surface area contributed by atoms with Gasteiger partial charge in [0, 0.05) is 52.9 Å². The Morgan fingerprint density at radius 2 is 1.74 bits per heavy atom. The molecule has 0 aromatic heterocycles. The van der Waals surface area contributed by atoms with Crippen molar-refractivity contribution in [3.63, 3.8) is 0 Å². The van der Waals surface area contributed by atoms with Gasteiger partial charge in [0.15, 0.2) is 5.96 Å². The van der Waals surface area contributed by atoms with Gasteiger partial charge in [0.25, 0.3) is 0 Å². The predicted molar refractivity (Wildman–Crippen MR) is 125 cm³/mol. The largest absolute Gasteiger partial charge is 0.376 e. The highest BCUT2D eigenvalue weighted by Gasteiger charge is 2.16. The Hall–Kier alpha value is -0.120. The van der Waals surface area contributed by atoms with Gasteiger partial charge in [-0.05, 0) is 25.8 Å². The minimum Gasteiger partial charge on any atom is -0.376 e. The van der Waals surface area contributed by atoms with Crippen LogP contribution in [0.25, 0.3) is 0 Å². The molecule has 0 amide bonds. The Balaban J connectivity index is 0.00000364. The van der Waals surface area contributed by atoms with Crippen LogP contribution < -0.4 is 10.6 Å². The second-order valence-electron chi connectivity index (χ2n) is 8.07. The third-order valence-electron chi connectivity index (χ3n) is 5.56. The lowest BCUT2D eigenvalue weighted by atomic mass is 10.1. The lowest BCUT2D eigenvalue weighted by Crippen LogP contribution is -2.47. The second kappa shape index (κ2) is 14.8. The molecule has 1 aliphatic heterocycles. The van der Waals surface area contributed by atoms with E-state index in [0.717, 1.165) is 32.2 Å². The number of aliphatic imine (C=N–C) groups is 1. The zero-order chi connectivity index (χ0) is 18.6. The molecule has 27 heavy (non-hydrogen) atoms. The van der Waals surface area contributed by atoms with Crippen LogP contribution in [-0.4, -0.2) is 88.4 Å². The van der Waals surface area contributed by atoms with E-state index in [0.29, 0.717) is 12.0 Å². The Bertz CT molecular complexity index is 394. The average molecular weight is 495 g/mol. The van der Waals surface area contributed by atoms with Crippen molar-refractivity contribution in [1.82, 2.24) is 20.4 Å².